The van der Waals surface area contributed by atoms with Gasteiger partial charge in [0.15, 0.2) is 5.96 Å². The van der Waals surface area contributed by atoms with Crippen molar-refractivity contribution in [2.24, 2.45) is 4.99 Å². The van der Waals surface area contributed by atoms with Gasteiger partial charge in [0.05, 0.1) is 6.54 Å². The van der Waals surface area contributed by atoms with Gasteiger partial charge in [0.25, 0.3) is 0 Å². The summed E-state index contributed by atoms with van der Waals surface area (Å²) >= 11 is 0. The summed E-state index contributed by atoms with van der Waals surface area (Å²) in [6, 6.07) is 7.78. The molecule has 1 unspecified atom stereocenters. The Kier molecular flexibility index (Phi) is 10.8. The maximum atomic E-state index is 13.1. The zero-order valence-corrected chi connectivity index (χ0v) is 20.9. The lowest BCUT2D eigenvalue weighted by atomic mass is 10.0. The third-order valence-electron chi connectivity index (χ3n) is 6.03. The van der Waals surface area contributed by atoms with Gasteiger partial charge in [0, 0.05) is 57.9 Å². The second-order valence-corrected chi connectivity index (χ2v) is 8.44. The quantitative estimate of drug-likeness (QED) is 0.335. The van der Waals surface area contributed by atoms with E-state index in [0.29, 0.717) is 12.1 Å². The molecule has 1 aromatic rings. The molecule has 30 heavy (non-hydrogen) atoms. The lowest BCUT2D eigenvalue weighted by Gasteiger charge is -2.37. The third kappa shape index (κ3) is 7.94. The molecule has 3 rings (SSSR count). The number of likely N-dealkylation sites (tertiary alicyclic amines) is 1. The second kappa shape index (κ2) is 12.8. The summed E-state index contributed by atoms with van der Waals surface area (Å²) in [5, 5.41) is 7.05. The van der Waals surface area contributed by atoms with Crippen molar-refractivity contribution in [3.63, 3.8) is 0 Å². The molecule has 2 aliphatic heterocycles. The van der Waals surface area contributed by atoms with E-state index in [9.17, 15) is 4.39 Å². The van der Waals surface area contributed by atoms with Gasteiger partial charge in [0.2, 0.25) is 0 Å². The topological polar surface area (TPSA) is 46.1 Å². The molecule has 2 N–H and O–H groups in total. The van der Waals surface area contributed by atoms with Crippen LogP contribution in [0.3, 0.4) is 0 Å². The third-order valence-corrected chi connectivity index (χ3v) is 6.03. The number of hydrogen-bond acceptors (Lipinski definition) is 4. The van der Waals surface area contributed by atoms with Gasteiger partial charge in [-0.2, -0.15) is 0 Å². The van der Waals surface area contributed by atoms with Gasteiger partial charge in [0.1, 0.15) is 5.82 Å². The Morgan fingerprint density at radius 1 is 1.10 bits per heavy atom. The molecule has 0 aliphatic carbocycles. The molecule has 1 atom stereocenters. The Bertz CT molecular complexity index is 648. The fraction of sp³-hybridized carbons (Fsp3) is 0.682. The minimum atomic E-state index is -0.169. The molecule has 0 amide bonds. The van der Waals surface area contributed by atoms with Crippen molar-refractivity contribution in [2.45, 2.75) is 38.4 Å². The lowest BCUT2D eigenvalue weighted by molar-refractivity contribution is 0.119. The highest BCUT2D eigenvalue weighted by atomic mass is 127. The maximum absolute atomic E-state index is 13.1. The number of piperazine rings is 1. The minimum absolute atomic E-state index is 0. The summed E-state index contributed by atoms with van der Waals surface area (Å²) in [7, 11) is 4.39. The van der Waals surface area contributed by atoms with Gasteiger partial charge in [-0.3, -0.25) is 14.8 Å². The molecule has 1 aromatic carbocycles. The molecule has 2 heterocycles. The highest BCUT2D eigenvalue weighted by molar-refractivity contribution is 14.0. The molecule has 0 aromatic heterocycles. The van der Waals surface area contributed by atoms with Crippen molar-refractivity contribution in [3.8, 4) is 0 Å². The number of rotatable bonds is 6. The maximum Gasteiger partial charge on any atom is 0.191 e. The number of halogens is 2. The molecule has 6 nitrogen and oxygen atoms in total. The van der Waals surface area contributed by atoms with Gasteiger partial charge in [-0.1, -0.05) is 12.1 Å². The standard InChI is InChI=1S/C22H37FN6.HI/c1-4-24-22(25-15-21-17-27(2)13-14-28(21)3)26-20-9-11-29(12-10-20)16-18-5-7-19(23)8-6-18;/h5-8,20-21H,4,9-17H2,1-3H3,(H2,24,25,26);1H. The fourth-order valence-corrected chi connectivity index (χ4v) is 4.09. The predicted octanol–water partition coefficient (Wildman–Crippen LogP) is 2.21. The van der Waals surface area contributed by atoms with Crippen LogP contribution >= 0.6 is 24.0 Å². The van der Waals surface area contributed by atoms with Crippen molar-refractivity contribution in [1.82, 2.24) is 25.3 Å². The van der Waals surface area contributed by atoms with Crippen molar-refractivity contribution in [3.05, 3.63) is 35.6 Å². The smallest absolute Gasteiger partial charge is 0.191 e. The SMILES string of the molecule is CCNC(=NCC1CN(C)CCN1C)NC1CCN(Cc2ccc(F)cc2)CC1.I. The molecule has 2 saturated heterocycles. The van der Waals surface area contributed by atoms with Crippen molar-refractivity contribution in [2.75, 3.05) is 59.9 Å². The van der Waals surface area contributed by atoms with Crippen LogP contribution in [0.1, 0.15) is 25.3 Å². The monoisotopic (exact) mass is 532 g/mol. The number of likely N-dealkylation sites (N-methyl/N-ethyl adjacent to an activating group) is 2. The molecule has 2 aliphatic rings. The zero-order chi connectivity index (χ0) is 20.6. The Morgan fingerprint density at radius 2 is 1.80 bits per heavy atom. The summed E-state index contributed by atoms with van der Waals surface area (Å²) < 4.78 is 13.1. The number of nitrogens with one attached hydrogen (secondary N) is 2. The summed E-state index contributed by atoms with van der Waals surface area (Å²) in [6.07, 6.45) is 2.19. The van der Waals surface area contributed by atoms with Gasteiger partial charge in [-0.15, -0.1) is 24.0 Å². The number of piperidine rings is 1. The number of guanidine groups is 1. The van der Waals surface area contributed by atoms with Gasteiger partial charge in [-0.05, 0) is 51.6 Å². The van der Waals surface area contributed by atoms with Crippen LogP contribution in [0.4, 0.5) is 4.39 Å². The predicted molar refractivity (Wildman–Crippen MR) is 133 cm³/mol. The molecule has 0 radical (unpaired) electrons. The molecular formula is C22H38FIN6. The average molecular weight is 532 g/mol. The van der Waals surface area contributed by atoms with Gasteiger partial charge < -0.3 is 15.5 Å². The van der Waals surface area contributed by atoms with Crippen LogP contribution in [-0.2, 0) is 6.54 Å². The zero-order valence-electron chi connectivity index (χ0n) is 18.6. The van der Waals surface area contributed by atoms with Crippen LogP contribution in [0.5, 0.6) is 0 Å². The van der Waals surface area contributed by atoms with E-state index in [1.54, 1.807) is 12.1 Å². The van der Waals surface area contributed by atoms with E-state index in [2.05, 4.69) is 46.4 Å². The van der Waals surface area contributed by atoms with E-state index >= 15 is 0 Å². The first kappa shape index (κ1) is 25.3. The van der Waals surface area contributed by atoms with E-state index in [1.807, 2.05) is 12.1 Å². The van der Waals surface area contributed by atoms with E-state index in [-0.39, 0.29) is 29.8 Å². The molecule has 2 fully saturated rings. The number of benzene rings is 1. The summed E-state index contributed by atoms with van der Waals surface area (Å²) in [5.41, 5.74) is 1.18. The second-order valence-electron chi connectivity index (χ2n) is 8.44. The minimum Gasteiger partial charge on any atom is -0.357 e. The Morgan fingerprint density at radius 3 is 2.47 bits per heavy atom. The van der Waals surface area contributed by atoms with Crippen LogP contribution in [-0.4, -0.2) is 92.7 Å². The molecule has 0 spiro atoms. The molecular weight excluding hydrogens is 494 g/mol. The lowest BCUT2D eigenvalue weighted by Crippen LogP contribution is -2.52. The fourth-order valence-electron chi connectivity index (χ4n) is 4.09. The van der Waals surface area contributed by atoms with E-state index < -0.39 is 0 Å². The molecule has 0 bridgehead atoms. The normalized spacial score (nSPS) is 22.5. The van der Waals surface area contributed by atoms with Crippen LogP contribution in [0, 0.1) is 5.82 Å². The molecule has 8 heteroatoms. The van der Waals surface area contributed by atoms with Gasteiger partial charge >= 0.3 is 0 Å². The Balaban J connectivity index is 0.00000320. The summed E-state index contributed by atoms with van der Waals surface area (Å²) in [4.78, 5) is 12.1. The van der Waals surface area contributed by atoms with Crippen molar-refractivity contribution in [1.29, 1.82) is 0 Å². The first-order chi connectivity index (χ1) is 14.0. The molecule has 170 valence electrons. The van der Waals surface area contributed by atoms with Crippen molar-refractivity contribution < 1.29 is 4.39 Å². The largest absolute Gasteiger partial charge is 0.357 e. The van der Waals surface area contributed by atoms with Crippen LogP contribution in [0.25, 0.3) is 0 Å². The Labute approximate surface area is 198 Å². The summed E-state index contributed by atoms with van der Waals surface area (Å²) in [5.74, 6) is 0.768. The van der Waals surface area contributed by atoms with E-state index in [1.165, 1.54) is 5.56 Å². The first-order valence-electron chi connectivity index (χ1n) is 10.9. The number of nitrogens with zero attached hydrogens (tertiary/aromatic N) is 4. The molecule has 0 saturated carbocycles. The van der Waals surface area contributed by atoms with Gasteiger partial charge in [-0.25, -0.2) is 4.39 Å². The van der Waals surface area contributed by atoms with E-state index in [4.69, 9.17) is 4.99 Å². The number of aliphatic imine (C=N–C) groups is 1. The highest BCUT2D eigenvalue weighted by Crippen LogP contribution is 2.14. The van der Waals surface area contributed by atoms with Crippen LogP contribution in [0.2, 0.25) is 0 Å². The summed E-state index contributed by atoms with van der Waals surface area (Å²) in [6.45, 7) is 10.1. The Hall–Kier alpha value is -0.970. The van der Waals surface area contributed by atoms with E-state index in [0.717, 1.165) is 71.2 Å². The van der Waals surface area contributed by atoms with Crippen molar-refractivity contribution >= 4 is 29.9 Å². The number of hydrogen-bond donors (Lipinski definition) is 2. The highest BCUT2D eigenvalue weighted by Gasteiger charge is 2.23. The average Bonchev–Trinajstić information content (AvgIpc) is 2.72. The first-order valence-corrected chi connectivity index (χ1v) is 10.9. The van der Waals surface area contributed by atoms with Crippen LogP contribution < -0.4 is 10.6 Å². The van der Waals surface area contributed by atoms with Crippen LogP contribution in [0.15, 0.2) is 29.3 Å².